The van der Waals surface area contributed by atoms with E-state index in [1.165, 1.54) is 6.07 Å². The van der Waals surface area contributed by atoms with Crippen molar-refractivity contribution >= 4 is 17.3 Å². The van der Waals surface area contributed by atoms with Crippen molar-refractivity contribution in [3.8, 4) is 5.75 Å². The lowest BCUT2D eigenvalue weighted by Crippen LogP contribution is -2.50. The third-order valence-corrected chi connectivity index (χ3v) is 5.81. The maximum Gasteiger partial charge on any atom is 0.198 e. The highest BCUT2D eigenvalue weighted by Gasteiger charge is 2.35. The monoisotopic (exact) mass is 394 g/mol. The number of nitrogens with one attached hydrogen (secondary N) is 2. The van der Waals surface area contributed by atoms with Crippen LogP contribution in [0.1, 0.15) is 58.5 Å². The minimum atomic E-state index is -0.323. The molecule has 2 aliphatic rings. The average molecular weight is 394 g/mol. The molecule has 2 aromatic rings. The van der Waals surface area contributed by atoms with Gasteiger partial charge in [0.15, 0.2) is 11.6 Å². The van der Waals surface area contributed by atoms with E-state index in [-0.39, 0.29) is 40.1 Å². The Labute approximate surface area is 170 Å². The predicted molar refractivity (Wildman–Crippen MR) is 111 cm³/mol. The molecule has 0 saturated carbocycles. The van der Waals surface area contributed by atoms with Crippen LogP contribution in [0.2, 0.25) is 0 Å². The maximum atomic E-state index is 13.2. The molecule has 29 heavy (non-hydrogen) atoms. The number of benzene rings is 2. The van der Waals surface area contributed by atoms with Crippen LogP contribution in [0.15, 0.2) is 36.4 Å². The number of morpholine rings is 1. The first kappa shape index (κ1) is 19.6. The minimum absolute atomic E-state index is 0.0496. The van der Waals surface area contributed by atoms with Crippen LogP contribution in [-0.4, -0.2) is 48.0 Å². The van der Waals surface area contributed by atoms with Crippen molar-refractivity contribution < 1.29 is 19.4 Å². The molecule has 2 unspecified atom stereocenters. The van der Waals surface area contributed by atoms with E-state index >= 15 is 0 Å². The first-order valence-electron chi connectivity index (χ1n) is 10.1. The molecule has 6 nitrogen and oxygen atoms in total. The SMILES string of the molecule is CCC(CC1(C)CNCCO1)Nc1ccc(O)c2c1C(=O)c1ccccc1C2=O. The van der Waals surface area contributed by atoms with Crippen molar-refractivity contribution in [3.63, 3.8) is 0 Å². The number of phenols is 1. The molecule has 6 heteroatoms. The maximum absolute atomic E-state index is 13.2. The molecule has 0 aromatic heterocycles. The number of aromatic hydroxyl groups is 1. The van der Waals surface area contributed by atoms with Gasteiger partial charge in [0.1, 0.15) is 5.75 Å². The Hall–Kier alpha value is -2.70. The van der Waals surface area contributed by atoms with Gasteiger partial charge in [-0.25, -0.2) is 0 Å². The molecule has 1 aliphatic heterocycles. The summed E-state index contributed by atoms with van der Waals surface area (Å²) in [4.78, 5) is 26.2. The van der Waals surface area contributed by atoms with Gasteiger partial charge < -0.3 is 20.5 Å². The third-order valence-electron chi connectivity index (χ3n) is 5.81. The number of anilines is 1. The molecule has 4 rings (SSSR count). The lowest BCUT2D eigenvalue weighted by atomic mass is 9.82. The summed E-state index contributed by atoms with van der Waals surface area (Å²) < 4.78 is 5.99. The quantitative estimate of drug-likeness (QED) is 0.577. The highest BCUT2D eigenvalue weighted by Crippen LogP contribution is 2.37. The van der Waals surface area contributed by atoms with Gasteiger partial charge in [-0.1, -0.05) is 31.2 Å². The summed E-state index contributed by atoms with van der Waals surface area (Å²) >= 11 is 0. The van der Waals surface area contributed by atoms with Crippen LogP contribution < -0.4 is 10.6 Å². The lowest BCUT2D eigenvalue weighted by Gasteiger charge is -2.37. The smallest absolute Gasteiger partial charge is 0.198 e. The molecule has 2 atom stereocenters. The number of ether oxygens (including phenoxy) is 1. The summed E-state index contributed by atoms with van der Waals surface area (Å²) in [5.41, 5.74) is 1.31. The largest absolute Gasteiger partial charge is 0.507 e. The van der Waals surface area contributed by atoms with Crippen LogP contribution in [0.25, 0.3) is 0 Å². The summed E-state index contributed by atoms with van der Waals surface area (Å²) in [5, 5.41) is 17.2. The molecule has 3 N–H and O–H groups in total. The number of hydrogen-bond acceptors (Lipinski definition) is 6. The first-order chi connectivity index (χ1) is 13.9. The van der Waals surface area contributed by atoms with Gasteiger partial charge >= 0.3 is 0 Å². The Morgan fingerprint density at radius 2 is 1.83 bits per heavy atom. The van der Waals surface area contributed by atoms with Gasteiger partial charge in [0.25, 0.3) is 0 Å². The molecular weight excluding hydrogens is 368 g/mol. The van der Waals surface area contributed by atoms with Crippen molar-refractivity contribution in [2.24, 2.45) is 0 Å². The number of rotatable bonds is 5. The Balaban J connectivity index is 1.69. The molecule has 0 bridgehead atoms. The van der Waals surface area contributed by atoms with Crippen molar-refractivity contribution in [2.45, 2.75) is 38.3 Å². The van der Waals surface area contributed by atoms with Crippen molar-refractivity contribution in [3.05, 3.63) is 58.7 Å². The van der Waals surface area contributed by atoms with Gasteiger partial charge in [-0.05, 0) is 31.9 Å². The van der Waals surface area contributed by atoms with Gasteiger partial charge in [0, 0.05) is 35.9 Å². The van der Waals surface area contributed by atoms with Crippen molar-refractivity contribution in [1.82, 2.24) is 5.32 Å². The van der Waals surface area contributed by atoms with Crippen LogP contribution in [-0.2, 0) is 4.74 Å². The fraction of sp³-hybridized carbons (Fsp3) is 0.391. The van der Waals surface area contributed by atoms with Crippen LogP contribution in [0.3, 0.4) is 0 Å². The van der Waals surface area contributed by atoms with Crippen molar-refractivity contribution in [1.29, 1.82) is 0 Å². The number of hydrogen-bond donors (Lipinski definition) is 3. The fourth-order valence-electron chi connectivity index (χ4n) is 4.27. The second-order valence-electron chi connectivity index (χ2n) is 8.01. The third kappa shape index (κ3) is 3.54. The van der Waals surface area contributed by atoms with E-state index in [1.807, 2.05) is 0 Å². The van der Waals surface area contributed by atoms with E-state index in [0.29, 0.717) is 23.4 Å². The van der Waals surface area contributed by atoms with Gasteiger partial charge in [-0.2, -0.15) is 0 Å². The van der Waals surface area contributed by atoms with Gasteiger partial charge in [0.2, 0.25) is 0 Å². The lowest BCUT2D eigenvalue weighted by molar-refractivity contribution is -0.0603. The highest BCUT2D eigenvalue weighted by atomic mass is 16.5. The predicted octanol–water partition coefficient (Wildman–Crippen LogP) is 3.13. The number of carbonyl (C=O) groups is 2. The van der Waals surface area contributed by atoms with Crippen LogP contribution in [0.4, 0.5) is 5.69 Å². The number of fused-ring (bicyclic) bond motifs is 2. The molecule has 1 saturated heterocycles. The average Bonchev–Trinajstić information content (AvgIpc) is 2.73. The zero-order valence-electron chi connectivity index (χ0n) is 16.7. The van der Waals surface area contributed by atoms with Gasteiger partial charge in [-0.15, -0.1) is 0 Å². The highest BCUT2D eigenvalue weighted by molar-refractivity contribution is 6.31. The summed E-state index contributed by atoms with van der Waals surface area (Å²) in [7, 11) is 0. The summed E-state index contributed by atoms with van der Waals surface area (Å²) in [6, 6.07) is 9.96. The van der Waals surface area contributed by atoms with Gasteiger partial charge in [0.05, 0.1) is 23.3 Å². The Morgan fingerprint density at radius 3 is 2.45 bits per heavy atom. The molecule has 0 amide bonds. The van der Waals surface area contributed by atoms with E-state index in [2.05, 4.69) is 24.5 Å². The second kappa shape index (κ2) is 7.61. The molecule has 1 aliphatic carbocycles. The molecule has 152 valence electrons. The molecule has 0 spiro atoms. The Kier molecular flexibility index (Phi) is 5.15. The van der Waals surface area contributed by atoms with Crippen LogP contribution >= 0.6 is 0 Å². The topological polar surface area (TPSA) is 87.7 Å². The van der Waals surface area contributed by atoms with E-state index in [4.69, 9.17) is 4.74 Å². The van der Waals surface area contributed by atoms with Crippen LogP contribution in [0, 0.1) is 0 Å². The Morgan fingerprint density at radius 1 is 1.14 bits per heavy atom. The number of ketones is 2. The first-order valence-corrected chi connectivity index (χ1v) is 10.1. The molecular formula is C23H26N2O4. The number of carbonyl (C=O) groups excluding carboxylic acids is 2. The van der Waals surface area contributed by atoms with E-state index < -0.39 is 0 Å². The molecule has 1 heterocycles. The van der Waals surface area contributed by atoms with Gasteiger partial charge in [-0.3, -0.25) is 9.59 Å². The molecule has 2 aromatic carbocycles. The summed E-state index contributed by atoms with van der Waals surface area (Å²) in [5.74, 6) is -0.736. The Bertz CT molecular complexity index is 963. The summed E-state index contributed by atoms with van der Waals surface area (Å²) in [6.07, 6.45) is 1.58. The van der Waals surface area contributed by atoms with E-state index in [9.17, 15) is 14.7 Å². The van der Waals surface area contributed by atoms with Crippen LogP contribution in [0.5, 0.6) is 5.75 Å². The standard InChI is InChI=1S/C23H26N2O4/c1-3-14(12-23(2)13-24-10-11-29-23)25-17-8-9-18(26)20-19(17)21(27)15-6-4-5-7-16(15)22(20)28/h4-9,14,24-26H,3,10-13H2,1-2H3. The molecule has 0 radical (unpaired) electrons. The normalized spacial score (nSPS) is 22.0. The molecule has 1 fully saturated rings. The fourth-order valence-corrected chi connectivity index (χ4v) is 4.27. The van der Waals surface area contributed by atoms with Crippen molar-refractivity contribution in [2.75, 3.05) is 25.0 Å². The van der Waals surface area contributed by atoms with E-state index in [0.717, 1.165) is 25.9 Å². The zero-order chi connectivity index (χ0) is 20.6. The minimum Gasteiger partial charge on any atom is -0.507 e. The number of phenolic OH excluding ortho intramolecular Hbond substituents is 1. The second-order valence-corrected chi connectivity index (χ2v) is 8.01. The summed E-state index contributed by atoms with van der Waals surface area (Å²) in [6.45, 7) is 6.45. The van der Waals surface area contributed by atoms with E-state index in [1.54, 1.807) is 30.3 Å². The zero-order valence-corrected chi connectivity index (χ0v) is 16.7.